The van der Waals surface area contributed by atoms with Crippen LogP contribution in [-0.4, -0.2) is 23.5 Å². The van der Waals surface area contributed by atoms with E-state index >= 15 is 0 Å². The number of hydrazine groups is 1. The maximum atomic E-state index is 8.79. The second-order valence-electron chi connectivity index (χ2n) is 1.45. The first kappa shape index (κ1) is 5.37. The zero-order valence-electron chi connectivity index (χ0n) is 3.85. The van der Waals surface area contributed by atoms with Crippen LogP contribution in [0.25, 0.3) is 0 Å². The van der Waals surface area contributed by atoms with Crippen LogP contribution in [0.4, 0.5) is 0 Å². The monoisotopic (exact) mass is 120 g/mol. The van der Waals surface area contributed by atoms with Crippen LogP contribution in [0.5, 0.6) is 0 Å². The van der Waals surface area contributed by atoms with Crippen molar-refractivity contribution in [2.45, 2.75) is 6.10 Å². The molecule has 1 unspecified atom stereocenters. The van der Waals surface area contributed by atoms with Gasteiger partial charge in [-0.25, -0.2) is 10.3 Å². The summed E-state index contributed by atoms with van der Waals surface area (Å²) < 4.78 is 0. The van der Waals surface area contributed by atoms with Gasteiger partial charge in [0.15, 0.2) is 0 Å². The van der Waals surface area contributed by atoms with Crippen molar-refractivity contribution in [3.8, 4) is 0 Å². The van der Waals surface area contributed by atoms with Crippen LogP contribution in [0.1, 0.15) is 0 Å². The lowest BCUT2D eigenvalue weighted by atomic mass is 10.4. The highest BCUT2D eigenvalue weighted by molar-refractivity contribution is 7.97. The summed E-state index contributed by atoms with van der Waals surface area (Å²) in [5.41, 5.74) is 2.80. The molecule has 1 heterocycles. The lowest BCUT2D eigenvalue weighted by Gasteiger charge is -2.16. The largest absolute Gasteiger partial charge is 0.391 e. The van der Waals surface area contributed by atoms with Gasteiger partial charge in [0, 0.05) is 12.3 Å². The maximum absolute atomic E-state index is 8.79. The normalized spacial score (nSPS) is 33.0. The predicted molar refractivity (Wildman–Crippen MR) is 29.6 cm³/mol. The molecule has 0 aromatic carbocycles. The summed E-state index contributed by atoms with van der Waals surface area (Å²) in [5, 5.41) is 8.79. The van der Waals surface area contributed by atoms with Crippen molar-refractivity contribution in [2.75, 3.05) is 12.3 Å². The first-order valence-corrected chi connectivity index (χ1v) is 3.16. The fourth-order valence-electron chi connectivity index (χ4n) is 0.407. The highest BCUT2D eigenvalue weighted by Crippen LogP contribution is 1.98. The molecule has 4 heteroatoms. The Hall–Kier alpha value is 0.230. The molecule has 1 atom stereocenters. The van der Waals surface area contributed by atoms with Gasteiger partial charge in [-0.3, -0.25) is 0 Å². The molecule has 1 rings (SSSR count). The van der Waals surface area contributed by atoms with E-state index in [4.69, 9.17) is 5.11 Å². The van der Waals surface area contributed by atoms with Crippen molar-refractivity contribution in [3.05, 3.63) is 0 Å². The van der Waals surface area contributed by atoms with E-state index in [-0.39, 0.29) is 6.10 Å². The molecule has 0 aromatic heterocycles. The minimum atomic E-state index is -0.175. The molecule has 0 aromatic rings. The minimum Gasteiger partial charge on any atom is -0.391 e. The van der Waals surface area contributed by atoms with Gasteiger partial charge in [0.05, 0.1) is 6.10 Å². The van der Waals surface area contributed by atoms with Crippen molar-refractivity contribution in [1.29, 1.82) is 0 Å². The molecule has 0 saturated carbocycles. The van der Waals surface area contributed by atoms with Crippen molar-refractivity contribution < 1.29 is 5.11 Å². The molecule has 1 aliphatic heterocycles. The molecule has 3 nitrogen and oxygen atoms in total. The average Bonchev–Trinajstić information content (AvgIpc) is 1.69. The Labute approximate surface area is 46.6 Å². The zero-order chi connectivity index (χ0) is 5.11. The van der Waals surface area contributed by atoms with E-state index in [0.29, 0.717) is 6.54 Å². The molecule has 1 saturated heterocycles. The molecule has 7 heavy (non-hydrogen) atoms. The third-order valence-corrected chi connectivity index (χ3v) is 1.60. The van der Waals surface area contributed by atoms with Gasteiger partial charge >= 0.3 is 0 Å². The van der Waals surface area contributed by atoms with E-state index in [2.05, 4.69) is 10.3 Å². The molecule has 0 bridgehead atoms. The fraction of sp³-hybridized carbons (Fsp3) is 1.00. The van der Waals surface area contributed by atoms with Crippen molar-refractivity contribution in [1.82, 2.24) is 10.3 Å². The quantitative estimate of drug-likeness (QED) is 0.363. The number of rotatable bonds is 0. The van der Waals surface area contributed by atoms with Crippen molar-refractivity contribution >= 4 is 11.9 Å². The summed E-state index contributed by atoms with van der Waals surface area (Å²) in [5.74, 6) is 0.785. The average molecular weight is 120 g/mol. The van der Waals surface area contributed by atoms with Gasteiger partial charge in [-0.15, -0.1) is 0 Å². The van der Waals surface area contributed by atoms with Gasteiger partial charge in [-0.2, -0.15) is 0 Å². The topological polar surface area (TPSA) is 44.3 Å². The van der Waals surface area contributed by atoms with Gasteiger partial charge < -0.3 is 5.11 Å². The Bertz CT molecular complexity index is 54.9. The minimum absolute atomic E-state index is 0.175. The van der Waals surface area contributed by atoms with Gasteiger partial charge in [0.2, 0.25) is 0 Å². The molecule has 1 aliphatic rings. The van der Waals surface area contributed by atoms with Gasteiger partial charge in [0.1, 0.15) is 0 Å². The van der Waals surface area contributed by atoms with Crippen molar-refractivity contribution in [2.24, 2.45) is 0 Å². The summed E-state index contributed by atoms with van der Waals surface area (Å²) >= 11 is 1.49. The third-order valence-electron chi connectivity index (χ3n) is 0.758. The van der Waals surface area contributed by atoms with E-state index in [1.807, 2.05) is 0 Å². The number of aliphatic hydroxyl groups excluding tert-OH is 1. The lowest BCUT2D eigenvalue weighted by Crippen LogP contribution is -2.40. The van der Waals surface area contributed by atoms with Crippen LogP contribution in [0.15, 0.2) is 0 Å². The fourth-order valence-corrected chi connectivity index (χ4v) is 0.986. The molecule has 0 aliphatic carbocycles. The van der Waals surface area contributed by atoms with E-state index in [0.717, 1.165) is 5.75 Å². The molecule has 42 valence electrons. The van der Waals surface area contributed by atoms with E-state index in [9.17, 15) is 0 Å². The van der Waals surface area contributed by atoms with Crippen LogP contribution in [0, 0.1) is 0 Å². The summed E-state index contributed by atoms with van der Waals surface area (Å²) in [7, 11) is 0. The van der Waals surface area contributed by atoms with Crippen LogP contribution in [0.2, 0.25) is 0 Å². The summed E-state index contributed by atoms with van der Waals surface area (Å²) in [4.78, 5) is 2.82. The van der Waals surface area contributed by atoms with Crippen LogP contribution in [0.3, 0.4) is 0 Å². The zero-order valence-corrected chi connectivity index (χ0v) is 4.66. The second-order valence-corrected chi connectivity index (χ2v) is 2.27. The lowest BCUT2D eigenvalue weighted by molar-refractivity contribution is 0.189. The summed E-state index contributed by atoms with van der Waals surface area (Å²) in [6, 6.07) is 0. The van der Waals surface area contributed by atoms with E-state index < -0.39 is 0 Å². The van der Waals surface area contributed by atoms with Gasteiger partial charge in [0.25, 0.3) is 0 Å². The first-order chi connectivity index (χ1) is 3.39. The molecular formula is C3H8N2OS. The molecule has 0 radical (unpaired) electrons. The highest BCUT2D eigenvalue weighted by Gasteiger charge is 2.06. The van der Waals surface area contributed by atoms with Crippen molar-refractivity contribution in [3.63, 3.8) is 0 Å². The van der Waals surface area contributed by atoms with E-state index in [1.165, 1.54) is 11.9 Å². The standard InChI is InChI=1S/C3H8N2OS/c6-3-1-4-5-7-2-3/h3-6H,1-2H2. The number of hydrogen-bond donors (Lipinski definition) is 3. The van der Waals surface area contributed by atoms with Crippen LogP contribution >= 0.6 is 11.9 Å². The molecule has 1 fully saturated rings. The molecular weight excluding hydrogens is 112 g/mol. The second kappa shape index (κ2) is 2.52. The number of aliphatic hydroxyl groups is 1. The molecule has 0 spiro atoms. The SMILES string of the molecule is OC1CNNSC1. The Balaban J connectivity index is 2.12. The predicted octanol–water partition coefficient (Wildman–Crippen LogP) is -0.897. The first-order valence-electron chi connectivity index (χ1n) is 2.17. The summed E-state index contributed by atoms with van der Waals surface area (Å²) in [6.45, 7) is 0.660. The smallest absolute Gasteiger partial charge is 0.0782 e. The maximum Gasteiger partial charge on any atom is 0.0782 e. The Morgan fingerprint density at radius 1 is 1.71 bits per heavy atom. The number of β-amino-alcohol motifs (C(OH)–C–C–N with tert-alkyl or cyclic N) is 1. The van der Waals surface area contributed by atoms with Crippen LogP contribution in [-0.2, 0) is 0 Å². The Morgan fingerprint density at radius 2 is 2.57 bits per heavy atom. The Kier molecular flexibility index (Phi) is 1.93. The number of hydrogen-bond acceptors (Lipinski definition) is 4. The van der Waals surface area contributed by atoms with E-state index in [1.54, 1.807) is 0 Å². The summed E-state index contributed by atoms with van der Waals surface area (Å²) in [6.07, 6.45) is -0.175. The van der Waals surface area contributed by atoms with Gasteiger partial charge in [-0.1, -0.05) is 11.9 Å². The Morgan fingerprint density at radius 3 is 2.86 bits per heavy atom. The number of nitrogens with one attached hydrogen (secondary N) is 2. The molecule has 0 amide bonds. The third kappa shape index (κ3) is 1.65. The van der Waals surface area contributed by atoms with Gasteiger partial charge in [-0.05, 0) is 0 Å². The van der Waals surface area contributed by atoms with Crippen LogP contribution < -0.4 is 10.3 Å². The highest BCUT2D eigenvalue weighted by atomic mass is 32.2. The molecule has 3 N–H and O–H groups in total.